The summed E-state index contributed by atoms with van der Waals surface area (Å²) in [6, 6.07) is 16.9. The van der Waals surface area contributed by atoms with Gasteiger partial charge in [-0.3, -0.25) is 4.79 Å². The van der Waals surface area contributed by atoms with Gasteiger partial charge in [0.2, 0.25) is 17.9 Å². The monoisotopic (exact) mass is 348 g/mol. The van der Waals surface area contributed by atoms with Crippen molar-refractivity contribution in [3.05, 3.63) is 66.1 Å². The number of amides is 1. The maximum absolute atomic E-state index is 12.6. The highest BCUT2D eigenvalue weighted by Gasteiger charge is 2.29. The van der Waals surface area contributed by atoms with Crippen molar-refractivity contribution >= 4 is 17.3 Å². The van der Waals surface area contributed by atoms with E-state index in [4.69, 9.17) is 9.25 Å². The van der Waals surface area contributed by atoms with Crippen molar-refractivity contribution in [1.29, 1.82) is 0 Å². The van der Waals surface area contributed by atoms with Gasteiger partial charge in [0.25, 0.3) is 5.91 Å². The van der Waals surface area contributed by atoms with Gasteiger partial charge in [-0.15, -0.1) is 10.2 Å². The van der Waals surface area contributed by atoms with Gasteiger partial charge in [0.1, 0.15) is 0 Å². The number of oxime groups is 1. The number of aryl methyl sites for hydroxylation is 1. The van der Waals surface area contributed by atoms with Gasteiger partial charge < -0.3 is 14.6 Å². The maximum atomic E-state index is 12.6. The number of anilines is 1. The van der Waals surface area contributed by atoms with Crippen LogP contribution in [0.15, 0.2) is 64.2 Å². The van der Waals surface area contributed by atoms with Crippen LogP contribution in [0, 0.1) is 6.92 Å². The lowest BCUT2D eigenvalue weighted by molar-refractivity contribution is -0.125. The SMILES string of the molecule is Cc1nnc(-c2ccccc2NC(=O)[C@H]2CC(c3ccccc3)=NO2)o1. The van der Waals surface area contributed by atoms with E-state index in [1.54, 1.807) is 13.0 Å². The van der Waals surface area contributed by atoms with Crippen molar-refractivity contribution < 1.29 is 14.0 Å². The summed E-state index contributed by atoms with van der Waals surface area (Å²) in [7, 11) is 0. The van der Waals surface area contributed by atoms with Crippen LogP contribution in [0.25, 0.3) is 11.5 Å². The molecule has 1 aromatic heterocycles. The molecule has 0 aliphatic carbocycles. The van der Waals surface area contributed by atoms with Gasteiger partial charge in [0.15, 0.2) is 0 Å². The number of aromatic nitrogens is 2. The molecule has 0 unspecified atom stereocenters. The van der Waals surface area contributed by atoms with Gasteiger partial charge in [0.05, 0.1) is 17.0 Å². The van der Waals surface area contributed by atoms with Crippen LogP contribution >= 0.6 is 0 Å². The first kappa shape index (κ1) is 16.0. The Balaban J connectivity index is 1.48. The van der Waals surface area contributed by atoms with Crippen LogP contribution in [0.5, 0.6) is 0 Å². The molecule has 0 saturated heterocycles. The van der Waals surface area contributed by atoms with E-state index in [-0.39, 0.29) is 5.91 Å². The van der Waals surface area contributed by atoms with Gasteiger partial charge in [-0.05, 0) is 17.7 Å². The normalized spacial score (nSPS) is 16.0. The summed E-state index contributed by atoms with van der Waals surface area (Å²) < 4.78 is 5.46. The lowest BCUT2D eigenvalue weighted by Crippen LogP contribution is -2.28. The third-order valence-electron chi connectivity index (χ3n) is 4.01. The highest BCUT2D eigenvalue weighted by Crippen LogP contribution is 2.27. The molecule has 0 bridgehead atoms. The summed E-state index contributed by atoms with van der Waals surface area (Å²) in [5, 5.41) is 14.8. The van der Waals surface area contributed by atoms with E-state index in [2.05, 4.69) is 20.7 Å². The largest absolute Gasteiger partial charge is 0.421 e. The van der Waals surface area contributed by atoms with E-state index in [1.807, 2.05) is 48.5 Å². The Bertz CT molecular complexity index is 966. The lowest BCUT2D eigenvalue weighted by atomic mass is 10.0. The number of carbonyl (C=O) groups is 1. The van der Waals surface area contributed by atoms with Crippen LogP contribution in [-0.2, 0) is 9.63 Å². The minimum Gasteiger partial charge on any atom is -0.421 e. The molecule has 130 valence electrons. The standard InChI is InChI=1S/C19H16N4O3/c1-12-21-22-19(25-12)14-9-5-6-10-15(14)20-18(24)17-11-16(23-26-17)13-7-3-2-4-8-13/h2-10,17H,11H2,1H3,(H,20,24)/t17-/m1/s1. The van der Waals surface area contributed by atoms with E-state index >= 15 is 0 Å². The Morgan fingerprint density at radius 3 is 2.62 bits per heavy atom. The van der Waals surface area contributed by atoms with Crippen LogP contribution in [-0.4, -0.2) is 27.9 Å². The first-order valence-electron chi connectivity index (χ1n) is 8.19. The van der Waals surface area contributed by atoms with E-state index in [0.29, 0.717) is 29.5 Å². The molecular formula is C19H16N4O3. The molecular weight excluding hydrogens is 332 g/mol. The van der Waals surface area contributed by atoms with Gasteiger partial charge in [0, 0.05) is 13.3 Å². The second kappa shape index (κ2) is 6.79. The minimum absolute atomic E-state index is 0.275. The molecule has 1 atom stereocenters. The van der Waals surface area contributed by atoms with Gasteiger partial charge in [-0.25, -0.2) is 0 Å². The summed E-state index contributed by atoms with van der Waals surface area (Å²) in [5.74, 6) is 0.538. The fraction of sp³-hybridized carbons (Fsp3) is 0.158. The Hall–Kier alpha value is -3.48. The predicted octanol–water partition coefficient (Wildman–Crippen LogP) is 3.18. The van der Waals surface area contributed by atoms with Crippen molar-refractivity contribution in [1.82, 2.24) is 10.2 Å². The molecule has 26 heavy (non-hydrogen) atoms. The molecule has 2 aromatic carbocycles. The molecule has 1 aliphatic rings. The summed E-state index contributed by atoms with van der Waals surface area (Å²) >= 11 is 0. The number of nitrogens with one attached hydrogen (secondary N) is 1. The zero-order valence-electron chi connectivity index (χ0n) is 14.0. The Morgan fingerprint density at radius 1 is 1.08 bits per heavy atom. The number of rotatable bonds is 4. The van der Waals surface area contributed by atoms with Crippen molar-refractivity contribution in [3.63, 3.8) is 0 Å². The minimum atomic E-state index is -0.678. The quantitative estimate of drug-likeness (QED) is 0.782. The van der Waals surface area contributed by atoms with E-state index in [0.717, 1.165) is 11.3 Å². The van der Waals surface area contributed by atoms with Crippen LogP contribution in [0.2, 0.25) is 0 Å². The molecule has 0 fully saturated rings. The molecule has 7 nitrogen and oxygen atoms in total. The predicted molar refractivity (Wildman–Crippen MR) is 95.6 cm³/mol. The lowest BCUT2D eigenvalue weighted by Gasteiger charge is -2.11. The number of carbonyl (C=O) groups excluding carboxylic acids is 1. The van der Waals surface area contributed by atoms with Crippen molar-refractivity contribution in [2.45, 2.75) is 19.4 Å². The van der Waals surface area contributed by atoms with Crippen LogP contribution in [0.4, 0.5) is 5.69 Å². The van der Waals surface area contributed by atoms with Gasteiger partial charge in [-0.2, -0.15) is 0 Å². The zero-order valence-corrected chi connectivity index (χ0v) is 14.0. The van der Waals surface area contributed by atoms with Crippen molar-refractivity contribution in [3.8, 4) is 11.5 Å². The molecule has 1 aliphatic heterocycles. The molecule has 4 rings (SSSR count). The smallest absolute Gasteiger partial charge is 0.268 e. The summed E-state index contributed by atoms with van der Waals surface area (Å²) in [5.41, 5.74) is 2.94. The third-order valence-corrected chi connectivity index (χ3v) is 4.01. The molecule has 2 heterocycles. The maximum Gasteiger partial charge on any atom is 0.268 e. The summed E-state index contributed by atoms with van der Waals surface area (Å²) in [4.78, 5) is 17.9. The van der Waals surface area contributed by atoms with Gasteiger partial charge >= 0.3 is 0 Å². The average molecular weight is 348 g/mol. The number of nitrogens with zero attached hydrogens (tertiary/aromatic N) is 3. The third kappa shape index (κ3) is 3.19. The second-order valence-electron chi connectivity index (χ2n) is 5.86. The number of benzene rings is 2. The molecule has 3 aromatic rings. The molecule has 0 radical (unpaired) electrons. The van der Waals surface area contributed by atoms with Crippen LogP contribution < -0.4 is 5.32 Å². The van der Waals surface area contributed by atoms with Crippen LogP contribution in [0.3, 0.4) is 0 Å². The fourth-order valence-electron chi connectivity index (χ4n) is 2.72. The molecule has 1 N–H and O–H groups in total. The van der Waals surface area contributed by atoms with Gasteiger partial charge in [-0.1, -0.05) is 47.6 Å². The number of hydrogen-bond acceptors (Lipinski definition) is 6. The molecule has 0 saturated carbocycles. The fourth-order valence-corrected chi connectivity index (χ4v) is 2.72. The van der Waals surface area contributed by atoms with Crippen LogP contribution in [0.1, 0.15) is 17.9 Å². The molecule has 7 heteroatoms. The first-order valence-corrected chi connectivity index (χ1v) is 8.19. The number of hydrogen-bond donors (Lipinski definition) is 1. The molecule has 1 amide bonds. The highest BCUT2D eigenvalue weighted by atomic mass is 16.6. The topological polar surface area (TPSA) is 89.6 Å². The summed E-state index contributed by atoms with van der Waals surface area (Å²) in [6.07, 6.45) is -0.264. The second-order valence-corrected chi connectivity index (χ2v) is 5.86. The Kier molecular flexibility index (Phi) is 4.18. The Labute approximate surface area is 149 Å². The Morgan fingerprint density at radius 2 is 1.85 bits per heavy atom. The van der Waals surface area contributed by atoms with E-state index in [9.17, 15) is 4.79 Å². The zero-order chi connectivity index (χ0) is 17.9. The van der Waals surface area contributed by atoms with Crippen molar-refractivity contribution in [2.24, 2.45) is 5.16 Å². The highest BCUT2D eigenvalue weighted by molar-refractivity contribution is 6.06. The van der Waals surface area contributed by atoms with E-state index < -0.39 is 6.10 Å². The molecule has 0 spiro atoms. The van der Waals surface area contributed by atoms with E-state index in [1.165, 1.54) is 0 Å². The van der Waals surface area contributed by atoms with Crippen molar-refractivity contribution in [2.75, 3.05) is 5.32 Å². The number of para-hydroxylation sites is 1. The average Bonchev–Trinajstić information content (AvgIpc) is 3.32. The summed E-state index contributed by atoms with van der Waals surface area (Å²) in [6.45, 7) is 1.71. The first-order chi connectivity index (χ1) is 12.7.